The molecule has 0 spiro atoms. The first-order valence-electron chi connectivity index (χ1n) is 8.56. The predicted molar refractivity (Wildman–Crippen MR) is 101 cm³/mol. The molecule has 1 fully saturated rings. The van der Waals surface area contributed by atoms with E-state index in [1.54, 1.807) is 41.5 Å². The van der Waals surface area contributed by atoms with E-state index in [9.17, 15) is 18.3 Å². The Morgan fingerprint density at radius 3 is 2.71 bits per heavy atom. The van der Waals surface area contributed by atoms with Gasteiger partial charge in [-0.2, -0.15) is 13.2 Å². The second-order valence-electron chi connectivity index (χ2n) is 6.62. The molecule has 3 aromatic rings. The summed E-state index contributed by atoms with van der Waals surface area (Å²) in [7, 11) is 0. The molecular formula is C18H15Cl2F3N4O. The predicted octanol–water partition coefficient (Wildman–Crippen LogP) is 4.62. The van der Waals surface area contributed by atoms with E-state index in [4.69, 9.17) is 23.2 Å². The zero-order chi connectivity index (χ0) is 20.1. The van der Waals surface area contributed by atoms with Crippen molar-refractivity contribution >= 4 is 39.9 Å². The van der Waals surface area contributed by atoms with Crippen molar-refractivity contribution in [3.63, 3.8) is 0 Å². The molecule has 0 amide bonds. The van der Waals surface area contributed by atoms with Crippen LogP contribution in [0, 0.1) is 0 Å². The van der Waals surface area contributed by atoms with Crippen LogP contribution in [0.3, 0.4) is 0 Å². The number of benzene rings is 1. The van der Waals surface area contributed by atoms with Crippen LogP contribution in [0.15, 0.2) is 36.9 Å². The lowest BCUT2D eigenvalue weighted by atomic mass is 10.1. The molecule has 1 saturated heterocycles. The van der Waals surface area contributed by atoms with Crippen molar-refractivity contribution < 1.29 is 18.3 Å². The van der Waals surface area contributed by atoms with E-state index < -0.39 is 18.3 Å². The highest BCUT2D eigenvalue weighted by Crippen LogP contribution is 2.38. The molecule has 0 radical (unpaired) electrons. The summed E-state index contributed by atoms with van der Waals surface area (Å²) < 4.78 is 41.1. The van der Waals surface area contributed by atoms with Crippen LogP contribution in [-0.2, 0) is 0 Å². The van der Waals surface area contributed by atoms with Crippen LogP contribution >= 0.6 is 23.2 Å². The van der Waals surface area contributed by atoms with E-state index in [2.05, 4.69) is 9.97 Å². The molecule has 1 N–H and O–H groups in total. The van der Waals surface area contributed by atoms with Crippen LogP contribution in [0.2, 0.25) is 10.0 Å². The molecule has 0 saturated carbocycles. The molecule has 4 rings (SSSR count). The topological polar surface area (TPSA) is 54.2 Å². The standard InChI is InChI=1S/C18H15Cl2F3N4O/c19-11-4-3-10-13(26-7-5-24-9-26)8-14(25-16(10)15(11)20)27-6-1-2-12(27)17(28)18(21,22)23/h3-5,7-9,12,17,28H,1-2,6H2/t12-,17?/m0/s1. The summed E-state index contributed by atoms with van der Waals surface area (Å²) in [5.74, 6) is 0.297. The number of hydrogen-bond acceptors (Lipinski definition) is 4. The first-order chi connectivity index (χ1) is 13.3. The van der Waals surface area contributed by atoms with Gasteiger partial charge in [0.25, 0.3) is 0 Å². The van der Waals surface area contributed by atoms with E-state index in [-0.39, 0.29) is 11.4 Å². The summed E-state index contributed by atoms with van der Waals surface area (Å²) in [5, 5.41) is 11.0. The summed E-state index contributed by atoms with van der Waals surface area (Å²) >= 11 is 12.5. The van der Waals surface area contributed by atoms with Gasteiger partial charge in [0, 0.05) is 30.4 Å². The van der Waals surface area contributed by atoms with Gasteiger partial charge in [0.15, 0.2) is 6.10 Å². The fourth-order valence-corrected chi connectivity index (χ4v) is 3.95. The maximum atomic E-state index is 13.1. The molecule has 2 atom stereocenters. The van der Waals surface area contributed by atoms with Gasteiger partial charge in [-0.1, -0.05) is 23.2 Å². The number of aromatic nitrogens is 3. The number of imidazole rings is 1. The Bertz CT molecular complexity index is 1010. The highest BCUT2D eigenvalue weighted by atomic mass is 35.5. The quantitative estimate of drug-likeness (QED) is 0.658. The minimum atomic E-state index is -4.71. The molecule has 0 bridgehead atoms. The van der Waals surface area contributed by atoms with Gasteiger partial charge in [0.05, 0.1) is 33.6 Å². The average molecular weight is 431 g/mol. The number of aliphatic hydroxyl groups is 1. The zero-order valence-corrected chi connectivity index (χ0v) is 15.9. The van der Waals surface area contributed by atoms with Gasteiger partial charge < -0.3 is 14.6 Å². The number of aliphatic hydroxyl groups excluding tert-OH is 1. The minimum absolute atomic E-state index is 0.212. The third kappa shape index (κ3) is 3.29. The number of rotatable bonds is 3. The van der Waals surface area contributed by atoms with Crippen LogP contribution in [0.5, 0.6) is 0 Å². The van der Waals surface area contributed by atoms with E-state index in [0.29, 0.717) is 40.4 Å². The van der Waals surface area contributed by atoms with Crippen LogP contribution in [0.1, 0.15) is 12.8 Å². The number of hydrogen-bond donors (Lipinski definition) is 1. The van der Waals surface area contributed by atoms with E-state index in [1.165, 1.54) is 4.90 Å². The van der Waals surface area contributed by atoms with Crippen LogP contribution in [-0.4, -0.2) is 44.5 Å². The maximum absolute atomic E-state index is 13.1. The summed E-state index contributed by atoms with van der Waals surface area (Å²) in [4.78, 5) is 10.0. The molecule has 0 aliphatic carbocycles. The highest BCUT2D eigenvalue weighted by molar-refractivity contribution is 6.45. The summed E-state index contributed by atoms with van der Waals surface area (Å²) in [6.45, 7) is 0.345. The number of fused-ring (bicyclic) bond motifs is 1. The van der Waals surface area contributed by atoms with Crippen molar-refractivity contribution in [3.8, 4) is 5.69 Å². The summed E-state index contributed by atoms with van der Waals surface area (Å²) in [6, 6.07) is 3.95. The molecule has 5 nitrogen and oxygen atoms in total. The Kier molecular flexibility index (Phi) is 4.89. The fraction of sp³-hybridized carbons (Fsp3) is 0.333. The highest BCUT2D eigenvalue weighted by Gasteiger charge is 2.47. The molecule has 2 aromatic heterocycles. The van der Waals surface area contributed by atoms with Gasteiger partial charge in [-0.15, -0.1) is 0 Å². The number of anilines is 1. The Morgan fingerprint density at radius 2 is 2.04 bits per heavy atom. The Labute approximate surface area is 168 Å². The molecule has 1 aliphatic rings. The molecule has 1 unspecified atom stereocenters. The number of alkyl halides is 3. The normalized spacial score (nSPS) is 18.8. The molecule has 1 aromatic carbocycles. The molecule has 3 heterocycles. The lowest BCUT2D eigenvalue weighted by Crippen LogP contribution is -2.47. The lowest BCUT2D eigenvalue weighted by Gasteiger charge is -2.31. The molecule has 1 aliphatic heterocycles. The third-order valence-electron chi connectivity index (χ3n) is 4.91. The molecule has 148 valence electrons. The summed E-state index contributed by atoms with van der Waals surface area (Å²) in [5.41, 5.74) is 1.03. The van der Waals surface area contributed by atoms with E-state index >= 15 is 0 Å². The Morgan fingerprint density at radius 1 is 1.25 bits per heavy atom. The average Bonchev–Trinajstić information content (AvgIpc) is 3.34. The first-order valence-corrected chi connectivity index (χ1v) is 9.31. The Balaban J connectivity index is 1.89. The third-order valence-corrected chi connectivity index (χ3v) is 5.71. The molecule has 10 heteroatoms. The van der Waals surface area contributed by atoms with Crippen molar-refractivity contribution in [1.82, 2.24) is 14.5 Å². The van der Waals surface area contributed by atoms with Gasteiger partial charge in [-0.05, 0) is 25.0 Å². The van der Waals surface area contributed by atoms with Crippen LogP contribution in [0.4, 0.5) is 19.0 Å². The zero-order valence-electron chi connectivity index (χ0n) is 14.4. The first kappa shape index (κ1) is 19.3. The monoisotopic (exact) mass is 430 g/mol. The second-order valence-corrected chi connectivity index (χ2v) is 7.40. The van der Waals surface area contributed by atoms with Crippen molar-refractivity contribution in [2.45, 2.75) is 31.2 Å². The van der Waals surface area contributed by atoms with Gasteiger partial charge >= 0.3 is 6.18 Å². The smallest absolute Gasteiger partial charge is 0.382 e. The Hall–Kier alpha value is -2.03. The lowest BCUT2D eigenvalue weighted by molar-refractivity contribution is -0.209. The van der Waals surface area contributed by atoms with Crippen molar-refractivity contribution in [3.05, 3.63) is 47.0 Å². The minimum Gasteiger partial charge on any atom is -0.382 e. The van der Waals surface area contributed by atoms with Crippen LogP contribution in [0.25, 0.3) is 16.6 Å². The number of nitrogens with zero attached hydrogens (tertiary/aromatic N) is 4. The van der Waals surface area contributed by atoms with E-state index in [1.807, 2.05) is 0 Å². The van der Waals surface area contributed by atoms with Gasteiger partial charge in [0.2, 0.25) is 0 Å². The van der Waals surface area contributed by atoms with E-state index in [0.717, 1.165) is 0 Å². The summed E-state index contributed by atoms with van der Waals surface area (Å²) in [6.07, 6.45) is -1.56. The molecule has 28 heavy (non-hydrogen) atoms. The van der Waals surface area contributed by atoms with Gasteiger partial charge in [-0.3, -0.25) is 0 Å². The molecular weight excluding hydrogens is 416 g/mol. The van der Waals surface area contributed by atoms with Crippen molar-refractivity contribution in [2.75, 3.05) is 11.4 Å². The largest absolute Gasteiger partial charge is 0.416 e. The second kappa shape index (κ2) is 7.09. The van der Waals surface area contributed by atoms with Gasteiger partial charge in [-0.25, -0.2) is 9.97 Å². The number of halogens is 5. The fourth-order valence-electron chi connectivity index (χ4n) is 3.59. The number of pyridine rings is 1. The van der Waals surface area contributed by atoms with Gasteiger partial charge in [0.1, 0.15) is 5.82 Å². The SMILES string of the molecule is OC([C@@H]1CCCN1c1cc(-n2ccnc2)c2ccc(Cl)c(Cl)c2n1)C(F)(F)F. The van der Waals surface area contributed by atoms with Crippen molar-refractivity contribution in [2.24, 2.45) is 0 Å². The maximum Gasteiger partial charge on any atom is 0.416 e. The van der Waals surface area contributed by atoms with Crippen LogP contribution < -0.4 is 4.90 Å². The van der Waals surface area contributed by atoms with Crippen molar-refractivity contribution in [1.29, 1.82) is 0 Å².